The van der Waals surface area contributed by atoms with Gasteiger partial charge < -0.3 is 15.5 Å². The Balaban J connectivity index is 1.64. The number of likely N-dealkylation sites (tertiary alicyclic amines) is 1. The maximum Gasteiger partial charge on any atom is 0.263 e. The number of nitrogens with two attached hydrogens (primary N) is 1. The maximum absolute atomic E-state index is 14.2. The molecule has 1 saturated heterocycles. The number of hydrogen-bond donors (Lipinski definition) is 1. The highest BCUT2D eigenvalue weighted by atomic mass is 35.5. The predicted molar refractivity (Wildman–Crippen MR) is 155 cm³/mol. The zero-order chi connectivity index (χ0) is 27.4. The summed E-state index contributed by atoms with van der Waals surface area (Å²) in [6.45, 7) is 8.35. The Morgan fingerprint density at radius 2 is 1.68 bits per heavy atom. The van der Waals surface area contributed by atoms with Gasteiger partial charge in [-0.1, -0.05) is 68.2 Å². The molecular formula is C29H32Cl2N4O2S. The normalized spacial score (nSPS) is 26.8. The van der Waals surface area contributed by atoms with Crippen molar-refractivity contribution in [1.82, 2.24) is 9.80 Å². The summed E-state index contributed by atoms with van der Waals surface area (Å²) in [4.78, 5) is 36.3. The van der Waals surface area contributed by atoms with Crippen molar-refractivity contribution in [1.29, 1.82) is 0 Å². The summed E-state index contributed by atoms with van der Waals surface area (Å²) in [7, 11) is 0. The first-order chi connectivity index (χ1) is 18.1. The molecule has 4 atom stereocenters. The third kappa shape index (κ3) is 4.42. The van der Waals surface area contributed by atoms with Crippen LogP contribution in [-0.2, 0) is 15.1 Å². The third-order valence-electron chi connectivity index (χ3n) is 7.90. The fourth-order valence-electron chi connectivity index (χ4n) is 6.05. The van der Waals surface area contributed by atoms with E-state index in [4.69, 9.17) is 33.9 Å². The molecule has 0 radical (unpaired) electrons. The first kappa shape index (κ1) is 27.1. The van der Waals surface area contributed by atoms with Crippen LogP contribution in [0.2, 0.25) is 10.0 Å². The lowest BCUT2D eigenvalue weighted by atomic mass is 9.81. The molecule has 5 rings (SSSR count). The number of amides is 2. The van der Waals surface area contributed by atoms with Crippen molar-refractivity contribution in [2.45, 2.75) is 70.6 Å². The van der Waals surface area contributed by atoms with Crippen LogP contribution >= 0.6 is 35.0 Å². The Hall–Kier alpha value is -2.48. The number of fused-ring (bicyclic) bond motifs is 1. The van der Waals surface area contributed by atoms with Gasteiger partial charge in [-0.25, -0.2) is 4.99 Å². The standard InChI is InChI=1S/C29H32Cl2N4O2S/c1-5-21-14-15-22(26(32)36)34(21)27(37)24-23(16(2)3)35-25(17-6-10-19(30)11-7-17)29(4,33-28(35)38-24)18-8-12-20(31)13-9-18/h6-13,16,21-22,25H,5,14-15H2,1-4H3,(H2,32,36)/t21-,22+,25-,29+/m1/s1. The molecule has 0 unspecified atom stereocenters. The van der Waals surface area contributed by atoms with Gasteiger partial charge in [0, 0.05) is 21.8 Å². The maximum atomic E-state index is 14.2. The highest BCUT2D eigenvalue weighted by Gasteiger charge is 2.54. The smallest absolute Gasteiger partial charge is 0.263 e. The van der Waals surface area contributed by atoms with Gasteiger partial charge >= 0.3 is 0 Å². The van der Waals surface area contributed by atoms with E-state index in [1.54, 1.807) is 4.90 Å². The molecule has 3 heterocycles. The molecule has 0 bridgehead atoms. The van der Waals surface area contributed by atoms with Crippen LogP contribution in [0.15, 0.2) is 64.1 Å². The van der Waals surface area contributed by atoms with E-state index in [1.165, 1.54) is 11.8 Å². The van der Waals surface area contributed by atoms with Crippen LogP contribution in [0.5, 0.6) is 0 Å². The van der Waals surface area contributed by atoms with Gasteiger partial charge in [-0.15, -0.1) is 0 Å². The molecule has 38 heavy (non-hydrogen) atoms. The number of nitrogens with zero attached hydrogens (tertiary/aromatic N) is 3. The van der Waals surface area contributed by atoms with E-state index < -0.39 is 17.5 Å². The molecule has 2 N–H and O–H groups in total. The summed E-state index contributed by atoms with van der Waals surface area (Å²) >= 11 is 13.9. The van der Waals surface area contributed by atoms with Crippen LogP contribution in [0.25, 0.3) is 0 Å². The Morgan fingerprint density at radius 1 is 1.08 bits per heavy atom. The van der Waals surface area contributed by atoms with Crippen LogP contribution < -0.4 is 5.73 Å². The average Bonchev–Trinajstić information content (AvgIpc) is 3.54. The Kier molecular flexibility index (Phi) is 7.31. The van der Waals surface area contributed by atoms with Crippen LogP contribution in [0, 0.1) is 5.92 Å². The van der Waals surface area contributed by atoms with Gasteiger partial charge in [-0.3, -0.25) is 9.59 Å². The van der Waals surface area contributed by atoms with Crippen molar-refractivity contribution in [2.24, 2.45) is 16.6 Å². The molecule has 0 aromatic heterocycles. The molecule has 200 valence electrons. The van der Waals surface area contributed by atoms with Gasteiger partial charge in [0.2, 0.25) is 5.91 Å². The lowest BCUT2D eigenvalue weighted by Crippen LogP contribution is -2.47. The molecule has 6 nitrogen and oxygen atoms in total. The van der Waals surface area contributed by atoms with Crippen LogP contribution in [0.4, 0.5) is 0 Å². The molecule has 2 aromatic rings. The van der Waals surface area contributed by atoms with E-state index in [-0.39, 0.29) is 23.9 Å². The molecule has 9 heteroatoms. The Bertz CT molecular complexity index is 1330. The molecule has 3 aliphatic heterocycles. The summed E-state index contributed by atoms with van der Waals surface area (Å²) < 4.78 is 0. The second-order valence-corrected chi connectivity index (χ2v) is 12.5. The summed E-state index contributed by atoms with van der Waals surface area (Å²) in [5, 5.41) is 2.10. The second-order valence-electron chi connectivity index (χ2n) is 10.6. The minimum atomic E-state index is -0.634. The Morgan fingerprint density at radius 3 is 2.24 bits per heavy atom. The number of benzene rings is 2. The monoisotopic (exact) mass is 570 g/mol. The van der Waals surface area contributed by atoms with Crippen molar-refractivity contribution in [3.63, 3.8) is 0 Å². The number of hydrogen-bond acceptors (Lipinski definition) is 5. The number of allylic oxidation sites excluding steroid dienone is 1. The molecular weight excluding hydrogens is 539 g/mol. The summed E-state index contributed by atoms with van der Waals surface area (Å²) in [6, 6.07) is 14.8. The molecule has 2 aromatic carbocycles. The molecule has 1 fully saturated rings. The quantitative estimate of drug-likeness (QED) is 0.430. The number of halogens is 2. The number of thioether (sulfide) groups is 1. The van der Waals surface area contributed by atoms with Gasteiger partial charge in [0.1, 0.15) is 16.5 Å². The van der Waals surface area contributed by atoms with Crippen LogP contribution in [0.1, 0.15) is 64.1 Å². The number of amidine groups is 1. The first-order valence-corrected chi connectivity index (χ1v) is 14.6. The third-order valence-corrected chi connectivity index (χ3v) is 9.46. The zero-order valence-corrected chi connectivity index (χ0v) is 24.3. The van der Waals surface area contributed by atoms with Crippen molar-refractivity contribution in [3.05, 3.63) is 80.3 Å². The fourth-order valence-corrected chi connectivity index (χ4v) is 7.66. The number of rotatable bonds is 6. The molecule has 2 amide bonds. The molecule has 0 aliphatic carbocycles. The molecule has 3 aliphatic rings. The summed E-state index contributed by atoms with van der Waals surface area (Å²) in [5.41, 5.74) is 8.09. The predicted octanol–water partition coefficient (Wildman–Crippen LogP) is 6.49. The van der Waals surface area contributed by atoms with Gasteiger partial charge in [-0.2, -0.15) is 0 Å². The minimum Gasteiger partial charge on any atom is -0.368 e. The van der Waals surface area contributed by atoms with Crippen LogP contribution in [0.3, 0.4) is 0 Å². The Labute approximate surface area is 238 Å². The van der Waals surface area contributed by atoms with E-state index in [2.05, 4.69) is 25.7 Å². The van der Waals surface area contributed by atoms with Crippen molar-refractivity contribution in [2.75, 3.05) is 0 Å². The minimum absolute atomic E-state index is 0.00899. The lowest BCUT2D eigenvalue weighted by Gasteiger charge is -2.37. The van der Waals surface area contributed by atoms with Gasteiger partial charge in [0.05, 0.1) is 6.04 Å². The number of aliphatic imine (C=N–C) groups is 1. The average molecular weight is 572 g/mol. The van der Waals surface area contributed by atoms with Crippen LogP contribution in [-0.4, -0.2) is 38.9 Å². The van der Waals surface area contributed by atoms with E-state index >= 15 is 0 Å². The molecule has 0 spiro atoms. The van der Waals surface area contributed by atoms with Crippen molar-refractivity contribution >= 4 is 51.9 Å². The first-order valence-electron chi connectivity index (χ1n) is 13.0. The zero-order valence-electron chi connectivity index (χ0n) is 21.9. The SMILES string of the molecule is CC[C@@H]1CC[C@@H](C(N)=O)N1C(=O)C1=C(C(C)C)N2C(=N[C@@](C)(c3ccc(Cl)cc3)[C@H]2c2ccc(Cl)cc2)S1. The number of primary amides is 1. The highest BCUT2D eigenvalue weighted by Crippen LogP contribution is 2.56. The fraction of sp³-hybridized carbons (Fsp3) is 0.414. The number of carbonyl (C=O) groups is 2. The number of carbonyl (C=O) groups excluding carboxylic acids is 2. The van der Waals surface area contributed by atoms with E-state index in [9.17, 15) is 9.59 Å². The van der Waals surface area contributed by atoms with E-state index in [1.807, 2.05) is 55.5 Å². The van der Waals surface area contributed by atoms with Crippen molar-refractivity contribution in [3.8, 4) is 0 Å². The van der Waals surface area contributed by atoms with Gasteiger partial charge in [-0.05, 0) is 79.3 Å². The topological polar surface area (TPSA) is 79.0 Å². The van der Waals surface area contributed by atoms with Gasteiger partial charge in [0.25, 0.3) is 5.91 Å². The van der Waals surface area contributed by atoms with E-state index in [0.717, 1.165) is 34.8 Å². The van der Waals surface area contributed by atoms with Gasteiger partial charge in [0.15, 0.2) is 5.17 Å². The largest absolute Gasteiger partial charge is 0.368 e. The van der Waals surface area contributed by atoms with Crippen molar-refractivity contribution < 1.29 is 9.59 Å². The highest BCUT2D eigenvalue weighted by molar-refractivity contribution is 8.18. The lowest BCUT2D eigenvalue weighted by molar-refractivity contribution is -0.135. The summed E-state index contributed by atoms with van der Waals surface area (Å²) in [5.74, 6) is -0.547. The second kappa shape index (κ2) is 10.2. The van der Waals surface area contributed by atoms with E-state index in [0.29, 0.717) is 21.4 Å². The summed E-state index contributed by atoms with van der Waals surface area (Å²) in [6.07, 6.45) is 2.15. The molecule has 0 saturated carbocycles.